The zero-order chi connectivity index (χ0) is 10.3. The minimum absolute atomic E-state index is 0.761. The van der Waals surface area contributed by atoms with Gasteiger partial charge in [0.25, 0.3) is 0 Å². The molecule has 0 spiro atoms. The lowest BCUT2D eigenvalue weighted by atomic mass is 10.2. The second kappa shape index (κ2) is 3.21. The van der Waals surface area contributed by atoms with E-state index in [2.05, 4.69) is 17.6 Å². The summed E-state index contributed by atoms with van der Waals surface area (Å²) in [6.45, 7) is 2.05. The minimum Gasteiger partial charge on any atom is -0.496 e. The number of aromatic nitrogens is 1. The Hall–Kier alpha value is -1.15. The zero-order valence-corrected chi connectivity index (χ0v) is 9.22. The smallest absolute Gasteiger partial charge is 0.128 e. The highest BCUT2D eigenvalue weighted by Gasteiger charge is 2.10. The Kier molecular flexibility index (Phi) is 2.16. The van der Waals surface area contributed by atoms with Crippen LogP contribution in [0.4, 0.5) is 0 Å². The fourth-order valence-electron chi connectivity index (χ4n) is 1.70. The largest absolute Gasteiger partial charge is 0.496 e. The number of rotatable bonds is 1. The van der Waals surface area contributed by atoms with Gasteiger partial charge in [0.2, 0.25) is 0 Å². The van der Waals surface area contributed by atoms with E-state index < -0.39 is 0 Å². The second-order valence-corrected chi connectivity index (χ2v) is 3.76. The first-order chi connectivity index (χ1) is 6.65. The van der Waals surface area contributed by atoms with Gasteiger partial charge in [-0.3, -0.25) is 0 Å². The zero-order valence-electron chi connectivity index (χ0n) is 8.47. The topological polar surface area (TPSA) is 14.2 Å². The first-order valence-corrected chi connectivity index (χ1v) is 4.81. The minimum atomic E-state index is 0.761. The molecule has 0 fully saturated rings. The lowest BCUT2D eigenvalue weighted by Crippen LogP contribution is -1.90. The molecule has 0 saturated carbocycles. The molecule has 0 bridgehead atoms. The highest BCUT2D eigenvalue weighted by Crippen LogP contribution is 2.33. The van der Waals surface area contributed by atoms with Gasteiger partial charge in [-0.15, -0.1) is 0 Å². The molecule has 0 atom stereocenters. The second-order valence-electron chi connectivity index (χ2n) is 3.36. The van der Waals surface area contributed by atoms with Crippen molar-refractivity contribution >= 4 is 22.5 Å². The molecule has 74 valence electrons. The van der Waals surface area contributed by atoms with E-state index >= 15 is 0 Å². The normalized spacial score (nSPS) is 10.9. The number of fused-ring (bicyclic) bond motifs is 1. The van der Waals surface area contributed by atoms with Crippen LogP contribution in [0.1, 0.15) is 5.69 Å². The van der Waals surface area contributed by atoms with E-state index in [4.69, 9.17) is 16.3 Å². The van der Waals surface area contributed by atoms with Crippen molar-refractivity contribution in [3.05, 3.63) is 28.9 Å². The third kappa shape index (κ3) is 1.18. The van der Waals surface area contributed by atoms with E-state index in [0.717, 1.165) is 21.7 Å². The molecule has 0 radical (unpaired) electrons. The lowest BCUT2D eigenvalue weighted by molar-refractivity contribution is 0.420. The maximum absolute atomic E-state index is 6.13. The SMILES string of the molecule is COc1ccc(Cl)c2c1cc(C)n2C. The van der Waals surface area contributed by atoms with E-state index in [1.54, 1.807) is 7.11 Å². The van der Waals surface area contributed by atoms with Crippen molar-refractivity contribution in [2.24, 2.45) is 7.05 Å². The van der Waals surface area contributed by atoms with Gasteiger partial charge in [0.15, 0.2) is 0 Å². The summed E-state index contributed by atoms with van der Waals surface area (Å²) in [7, 11) is 3.67. The van der Waals surface area contributed by atoms with Gasteiger partial charge in [-0.05, 0) is 25.1 Å². The van der Waals surface area contributed by atoms with Crippen LogP contribution >= 0.6 is 11.6 Å². The highest BCUT2D eigenvalue weighted by atomic mass is 35.5. The summed E-state index contributed by atoms with van der Waals surface area (Å²) in [4.78, 5) is 0. The Morgan fingerprint density at radius 2 is 2.07 bits per heavy atom. The average molecular weight is 210 g/mol. The Morgan fingerprint density at radius 1 is 1.36 bits per heavy atom. The predicted octanol–water partition coefficient (Wildman–Crippen LogP) is 3.15. The molecule has 1 heterocycles. The van der Waals surface area contributed by atoms with Crippen molar-refractivity contribution in [3.63, 3.8) is 0 Å². The summed E-state index contributed by atoms with van der Waals surface area (Å²) in [5.74, 6) is 0.869. The maximum Gasteiger partial charge on any atom is 0.128 e. The number of hydrogen-bond acceptors (Lipinski definition) is 1. The molecule has 3 heteroatoms. The number of hydrogen-bond donors (Lipinski definition) is 0. The van der Waals surface area contributed by atoms with E-state index in [9.17, 15) is 0 Å². The molecule has 1 aromatic carbocycles. The summed E-state index contributed by atoms with van der Waals surface area (Å²) in [5, 5.41) is 1.83. The summed E-state index contributed by atoms with van der Waals surface area (Å²) in [6, 6.07) is 5.84. The van der Waals surface area contributed by atoms with Crippen molar-refractivity contribution < 1.29 is 4.74 Å². The molecule has 2 nitrogen and oxygen atoms in total. The van der Waals surface area contributed by atoms with Gasteiger partial charge in [-0.2, -0.15) is 0 Å². The van der Waals surface area contributed by atoms with Crippen LogP contribution in [0.2, 0.25) is 5.02 Å². The van der Waals surface area contributed by atoms with E-state index in [0.29, 0.717) is 0 Å². The van der Waals surface area contributed by atoms with Gasteiger partial charge in [-0.1, -0.05) is 11.6 Å². The first-order valence-electron chi connectivity index (χ1n) is 4.43. The Bertz CT molecular complexity index is 487. The fourth-order valence-corrected chi connectivity index (χ4v) is 1.99. The summed E-state index contributed by atoms with van der Waals surface area (Å²) in [6.07, 6.45) is 0. The Labute approximate surface area is 88.0 Å². The predicted molar refractivity (Wildman–Crippen MR) is 59.2 cm³/mol. The van der Waals surface area contributed by atoms with E-state index in [1.165, 1.54) is 5.69 Å². The van der Waals surface area contributed by atoms with Crippen molar-refractivity contribution in [2.75, 3.05) is 7.11 Å². The molecule has 1 aromatic heterocycles. The van der Waals surface area contributed by atoms with Crippen LogP contribution in [0, 0.1) is 6.92 Å². The van der Waals surface area contributed by atoms with Gasteiger partial charge in [0.1, 0.15) is 5.75 Å². The molecule has 0 amide bonds. The Balaban J connectivity index is 2.91. The number of ether oxygens (including phenoxy) is 1. The lowest BCUT2D eigenvalue weighted by Gasteiger charge is -2.04. The quantitative estimate of drug-likeness (QED) is 0.704. The van der Waals surface area contributed by atoms with Crippen LogP contribution in [0.25, 0.3) is 10.9 Å². The van der Waals surface area contributed by atoms with Gasteiger partial charge in [0, 0.05) is 18.1 Å². The third-order valence-electron chi connectivity index (χ3n) is 2.57. The summed E-state index contributed by atoms with van der Waals surface area (Å²) < 4.78 is 7.35. The summed E-state index contributed by atoms with van der Waals surface area (Å²) in [5.41, 5.74) is 2.20. The van der Waals surface area contributed by atoms with Crippen LogP contribution in [-0.2, 0) is 7.05 Å². The molecule has 0 unspecified atom stereocenters. The number of nitrogens with zero attached hydrogens (tertiary/aromatic N) is 1. The molecule has 2 rings (SSSR count). The molecule has 0 N–H and O–H groups in total. The van der Waals surface area contributed by atoms with Crippen LogP contribution < -0.4 is 4.74 Å². The fraction of sp³-hybridized carbons (Fsp3) is 0.273. The van der Waals surface area contributed by atoms with Gasteiger partial charge in [-0.25, -0.2) is 0 Å². The standard InChI is InChI=1S/C11H12ClNO/c1-7-6-8-10(14-3)5-4-9(12)11(8)13(7)2/h4-6H,1-3H3. The third-order valence-corrected chi connectivity index (χ3v) is 2.87. The molecular weight excluding hydrogens is 198 g/mol. The average Bonchev–Trinajstić information content (AvgIpc) is 2.45. The van der Waals surface area contributed by atoms with Crippen LogP contribution in [0.5, 0.6) is 5.75 Å². The van der Waals surface area contributed by atoms with E-state index in [1.807, 2.05) is 19.2 Å². The van der Waals surface area contributed by atoms with Crippen molar-refractivity contribution in [1.82, 2.24) is 4.57 Å². The monoisotopic (exact) mass is 209 g/mol. The van der Waals surface area contributed by atoms with Gasteiger partial charge >= 0.3 is 0 Å². The van der Waals surface area contributed by atoms with Crippen molar-refractivity contribution in [1.29, 1.82) is 0 Å². The number of benzene rings is 1. The summed E-state index contributed by atoms with van der Waals surface area (Å²) >= 11 is 6.13. The Morgan fingerprint density at radius 3 is 2.71 bits per heavy atom. The van der Waals surface area contributed by atoms with Crippen LogP contribution in [0.15, 0.2) is 18.2 Å². The number of halogens is 1. The van der Waals surface area contributed by atoms with Gasteiger partial charge in [0.05, 0.1) is 17.6 Å². The molecule has 0 aliphatic heterocycles. The molecular formula is C11H12ClNO. The first kappa shape index (κ1) is 9.41. The number of aryl methyl sites for hydroxylation is 2. The molecule has 0 saturated heterocycles. The van der Waals surface area contributed by atoms with Crippen molar-refractivity contribution in [3.8, 4) is 5.75 Å². The highest BCUT2D eigenvalue weighted by molar-refractivity contribution is 6.35. The van der Waals surface area contributed by atoms with Gasteiger partial charge < -0.3 is 9.30 Å². The van der Waals surface area contributed by atoms with Crippen LogP contribution in [0.3, 0.4) is 0 Å². The van der Waals surface area contributed by atoms with Crippen molar-refractivity contribution in [2.45, 2.75) is 6.92 Å². The number of methoxy groups -OCH3 is 1. The molecule has 14 heavy (non-hydrogen) atoms. The molecule has 2 aromatic rings. The van der Waals surface area contributed by atoms with Crippen LogP contribution in [-0.4, -0.2) is 11.7 Å². The molecule has 0 aliphatic carbocycles. The molecule has 0 aliphatic rings. The van der Waals surface area contributed by atoms with E-state index in [-0.39, 0.29) is 0 Å². The maximum atomic E-state index is 6.13.